The van der Waals surface area contributed by atoms with Gasteiger partial charge in [-0.05, 0) is 35.4 Å². The van der Waals surface area contributed by atoms with Gasteiger partial charge in [-0.25, -0.2) is 0 Å². The lowest BCUT2D eigenvalue weighted by Gasteiger charge is -2.14. The molecule has 0 radical (unpaired) electrons. The van der Waals surface area contributed by atoms with Crippen molar-refractivity contribution in [2.75, 3.05) is 13.2 Å². The molecule has 0 spiro atoms. The van der Waals surface area contributed by atoms with Crippen molar-refractivity contribution in [3.63, 3.8) is 0 Å². The third-order valence-electron chi connectivity index (χ3n) is 3.45. The average molecular weight is 368 g/mol. The zero-order valence-electron chi connectivity index (χ0n) is 11.7. The maximum atomic E-state index is 6.06. The smallest absolute Gasteiger partial charge is 0.161 e. The quantitative estimate of drug-likeness (QED) is 0.677. The highest BCUT2D eigenvalue weighted by atomic mass is 79.9. The van der Waals surface area contributed by atoms with E-state index in [1.54, 1.807) is 0 Å². The van der Waals surface area contributed by atoms with Crippen LogP contribution in [0.5, 0.6) is 11.5 Å². The molecule has 1 aliphatic heterocycles. The molecule has 0 aliphatic carbocycles. The molecule has 0 N–H and O–H groups in total. The van der Waals surface area contributed by atoms with Crippen molar-refractivity contribution >= 4 is 27.5 Å². The lowest BCUT2D eigenvalue weighted by atomic mass is 10.0. The molecule has 2 aromatic carbocycles. The summed E-state index contributed by atoms with van der Waals surface area (Å²) in [6.45, 7) is 3.49. The summed E-state index contributed by atoms with van der Waals surface area (Å²) < 4.78 is 11.6. The van der Waals surface area contributed by atoms with E-state index < -0.39 is 0 Å². The van der Waals surface area contributed by atoms with Gasteiger partial charge in [0.15, 0.2) is 11.5 Å². The van der Waals surface area contributed by atoms with Crippen LogP contribution in [0.15, 0.2) is 42.5 Å². The van der Waals surface area contributed by atoms with Crippen LogP contribution in [0.4, 0.5) is 0 Å². The highest BCUT2D eigenvalue weighted by molar-refractivity contribution is 9.09. The van der Waals surface area contributed by atoms with Crippen molar-refractivity contribution in [2.24, 2.45) is 5.92 Å². The number of rotatable bonds is 2. The van der Waals surface area contributed by atoms with Gasteiger partial charge in [-0.2, -0.15) is 0 Å². The van der Waals surface area contributed by atoms with Crippen LogP contribution in [-0.2, 0) is 0 Å². The van der Waals surface area contributed by atoms with Crippen LogP contribution in [0.2, 0.25) is 5.02 Å². The van der Waals surface area contributed by atoms with Crippen molar-refractivity contribution < 1.29 is 9.47 Å². The van der Waals surface area contributed by atoms with Crippen molar-refractivity contribution in [1.29, 1.82) is 0 Å². The Bertz CT molecular complexity index is 644. The predicted octanol–water partition coefficient (Wildman–Crippen LogP) is 5.23. The second kappa shape index (κ2) is 6.29. The third-order valence-corrected chi connectivity index (χ3v) is 4.74. The first-order valence-electron chi connectivity index (χ1n) is 6.92. The number of alkyl halides is 1. The molecule has 2 atom stereocenters. The lowest BCUT2D eigenvalue weighted by molar-refractivity contribution is 0.228. The monoisotopic (exact) mass is 366 g/mol. The van der Waals surface area contributed by atoms with E-state index in [2.05, 4.69) is 35.0 Å². The summed E-state index contributed by atoms with van der Waals surface area (Å²) >= 11 is 9.80. The largest absolute Gasteiger partial charge is 0.489 e. The Morgan fingerprint density at radius 1 is 1.05 bits per heavy atom. The zero-order valence-corrected chi connectivity index (χ0v) is 14.0. The molecule has 0 amide bonds. The number of benzene rings is 2. The Morgan fingerprint density at radius 2 is 1.76 bits per heavy atom. The first-order valence-corrected chi connectivity index (χ1v) is 8.22. The molecule has 2 nitrogen and oxygen atoms in total. The lowest BCUT2D eigenvalue weighted by Crippen LogP contribution is -2.12. The molecule has 110 valence electrons. The zero-order chi connectivity index (χ0) is 14.8. The molecule has 21 heavy (non-hydrogen) atoms. The van der Waals surface area contributed by atoms with Gasteiger partial charge in [0, 0.05) is 10.9 Å². The van der Waals surface area contributed by atoms with Gasteiger partial charge in [0.25, 0.3) is 0 Å². The number of hydrogen-bond acceptors (Lipinski definition) is 2. The van der Waals surface area contributed by atoms with Crippen LogP contribution < -0.4 is 9.47 Å². The molecule has 0 fully saturated rings. The minimum Gasteiger partial charge on any atom is -0.489 e. The standard InChI is InChI=1S/C17H16BrClO2/c1-11-9-20-15-6-5-13(8-16(15)21-10-11)17(18)12-3-2-4-14(19)7-12/h2-8,11,17H,9-10H2,1H3. The maximum Gasteiger partial charge on any atom is 0.161 e. The van der Waals surface area contributed by atoms with Gasteiger partial charge in [-0.15, -0.1) is 0 Å². The Kier molecular flexibility index (Phi) is 4.41. The summed E-state index contributed by atoms with van der Waals surface area (Å²) in [5, 5.41) is 0.736. The SMILES string of the molecule is CC1COc2ccc(C(Br)c3cccc(Cl)c3)cc2OC1. The molecule has 2 unspecified atom stereocenters. The van der Waals surface area contributed by atoms with E-state index in [-0.39, 0.29) is 4.83 Å². The molecule has 1 heterocycles. The van der Waals surface area contributed by atoms with Gasteiger partial charge in [0.2, 0.25) is 0 Å². The molecule has 4 heteroatoms. The van der Waals surface area contributed by atoms with Crippen LogP contribution in [0.1, 0.15) is 22.9 Å². The Morgan fingerprint density at radius 3 is 2.52 bits per heavy atom. The Labute approximate surface area is 138 Å². The van der Waals surface area contributed by atoms with Gasteiger partial charge in [0.05, 0.1) is 18.0 Å². The average Bonchev–Trinajstić information content (AvgIpc) is 2.68. The van der Waals surface area contributed by atoms with Crippen LogP contribution in [0, 0.1) is 5.92 Å². The van der Waals surface area contributed by atoms with Gasteiger partial charge < -0.3 is 9.47 Å². The number of hydrogen-bond donors (Lipinski definition) is 0. The first kappa shape index (κ1) is 14.7. The van der Waals surface area contributed by atoms with Crippen LogP contribution in [0.25, 0.3) is 0 Å². The molecule has 1 aliphatic rings. The van der Waals surface area contributed by atoms with E-state index in [9.17, 15) is 0 Å². The fourth-order valence-corrected chi connectivity index (χ4v) is 3.05. The molecule has 0 saturated carbocycles. The molecular weight excluding hydrogens is 352 g/mol. The Balaban J connectivity index is 1.90. The maximum absolute atomic E-state index is 6.06. The van der Waals surface area contributed by atoms with Gasteiger partial charge in [-0.1, -0.05) is 52.7 Å². The van der Waals surface area contributed by atoms with E-state index in [0.29, 0.717) is 19.1 Å². The summed E-state index contributed by atoms with van der Waals surface area (Å²) in [4.78, 5) is 0.0748. The van der Waals surface area contributed by atoms with Crippen LogP contribution in [0.3, 0.4) is 0 Å². The van der Waals surface area contributed by atoms with Crippen molar-refractivity contribution in [2.45, 2.75) is 11.8 Å². The summed E-state index contributed by atoms with van der Waals surface area (Å²) in [6.07, 6.45) is 0. The summed E-state index contributed by atoms with van der Waals surface area (Å²) in [7, 11) is 0. The van der Waals surface area contributed by atoms with Gasteiger partial charge in [0.1, 0.15) is 0 Å². The topological polar surface area (TPSA) is 18.5 Å². The summed E-state index contributed by atoms with van der Waals surface area (Å²) in [5.41, 5.74) is 2.24. The van der Waals surface area contributed by atoms with Gasteiger partial charge in [-0.3, -0.25) is 0 Å². The molecule has 0 bridgehead atoms. The third kappa shape index (κ3) is 3.35. The van der Waals surface area contributed by atoms with E-state index in [1.165, 1.54) is 0 Å². The second-order valence-corrected chi connectivity index (χ2v) is 6.70. The molecule has 2 aromatic rings. The molecule has 3 rings (SSSR count). The van der Waals surface area contributed by atoms with Crippen molar-refractivity contribution in [3.8, 4) is 11.5 Å². The summed E-state index contributed by atoms with van der Waals surface area (Å²) in [6, 6.07) is 13.9. The number of ether oxygens (including phenoxy) is 2. The minimum atomic E-state index is 0.0748. The fourth-order valence-electron chi connectivity index (χ4n) is 2.28. The highest BCUT2D eigenvalue weighted by Crippen LogP contribution is 2.38. The van der Waals surface area contributed by atoms with E-state index >= 15 is 0 Å². The first-order chi connectivity index (χ1) is 10.1. The second-order valence-electron chi connectivity index (χ2n) is 5.35. The molecular formula is C17H16BrClO2. The fraction of sp³-hybridized carbons (Fsp3) is 0.294. The minimum absolute atomic E-state index is 0.0748. The van der Waals surface area contributed by atoms with E-state index in [1.807, 2.05) is 30.3 Å². The van der Waals surface area contributed by atoms with E-state index in [0.717, 1.165) is 27.6 Å². The van der Waals surface area contributed by atoms with Crippen LogP contribution in [-0.4, -0.2) is 13.2 Å². The normalized spacial score (nSPS) is 18.9. The predicted molar refractivity (Wildman–Crippen MR) is 88.8 cm³/mol. The van der Waals surface area contributed by atoms with Crippen LogP contribution >= 0.6 is 27.5 Å². The van der Waals surface area contributed by atoms with E-state index in [4.69, 9.17) is 21.1 Å². The van der Waals surface area contributed by atoms with Crippen molar-refractivity contribution in [1.82, 2.24) is 0 Å². The highest BCUT2D eigenvalue weighted by Gasteiger charge is 2.18. The molecule has 0 saturated heterocycles. The number of fused-ring (bicyclic) bond motifs is 1. The molecule has 0 aromatic heterocycles. The Hall–Kier alpha value is -1.19. The van der Waals surface area contributed by atoms with Crippen molar-refractivity contribution in [3.05, 3.63) is 58.6 Å². The summed E-state index contributed by atoms with van der Waals surface area (Å²) in [5.74, 6) is 2.02. The number of halogens is 2. The van der Waals surface area contributed by atoms with Gasteiger partial charge >= 0.3 is 0 Å².